The Kier molecular flexibility index (Phi) is 8.46. The van der Waals surface area contributed by atoms with Crippen molar-refractivity contribution >= 4 is 23.4 Å². The Labute approximate surface area is 195 Å². The Morgan fingerprint density at radius 2 is 1.44 bits per heavy atom. The maximum atomic E-state index is 13.6. The van der Waals surface area contributed by atoms with Gasteiger partial charge < -0.3 is 10.2 Å². The van der Waals surface area contributed by atoms with Gasteiger partial charge in [0, 0.05) is 24.0 Å². The lowest BCUT2D eigenvalue weighted by Crippen LogP contribution is -2.52. The molecule has 5 heteroatoms. The number of carbonyl (C=O) groups excluding carboxylic acids is 2. The average Bonchev–Trinajstić information content (AvgIpc) is 2.77. The standard InChI is InChI=1S/C27H29ClN2O2/c1-20(2)29-27(32)25(17-21-10-5-3-6-11-21)30(19-22-12-7-4-8-13-22)26(31)18-23-14-9-15-24(28)16-23/h3-16,20,25H,17-19H2,1-2H3,(H,29,32)/t25-/m1/s1. The number of halogens is 1. The summed E-state index contributed by atoms with van der Waals surface area (Å²) in [6.45, 7) is 4.20. The largest absolute Gasteiger partial charge is 0.352 e. The van der Waals surface area contributed by atoms with Crippen LogP contribution in [0.25, 0.3) is 0 Å². The summed E-state index contributed by atoms with van der Waals surface area (Å²) in [5.41, 5.74) is 2.80. The maximum Gasteiger partial charge on any atom is 0.243 e. The fourth-order valence-electron chi connectivity index (χ4n) is 3.64. The number of carbonyl (C=O) groups is 2. The van der Waals surface area contributed by atoms with Crippen molar-refractivity contribution in [2.75, 3.05) is 0 Å². The summed E-state index contributed by atoms with van der Waals surface area (Å²) in [7, 11) is 0. The molecule has 0 aliphatic carbocycles. The fraction of sp³-hybridized carbons (Fsp3) is 0.259. The van der Waals surface area contributed by atoms with Crippen LogP contribution >= 0.6 is 11.6 Å². The third kappa shape index (κ3) is 6.96. The van der Waals surface area contributed by atoms with E-state index in [4.69, 9.17) is 11.6 Å². The van der Waals surface area contributed by atoms with Crippen molar-refractivity contribution in [1.29, 1.82) is 0 Å². The van der Waals surface area contributed by atoms with Crippen molar-refractivity contribution in [2.45, 2.75) is 45.3 Å². The first-order valence-corrected chi connectivity index (χ1v) is 11.2. The van der Waals surface area contributed by atoms with E-state index in [-0.39, 0.29) is 24.3 Å². The van der Waals surface area contributed by atoms with Crippen molar-refractivity contribution in [3.05, 3.63) is 107 Å². The number of amides is 2. The molecule has 166 valence electrons. The second-order valence-electron chi connectivity index (χ2n) is 8.18. The molecule has 1 atom stereocenters. The monoisotopic (exact) mass is 448 g/mol. The molecule has 0 bridgehead atoms. The Morgan fingerprint density at radius 1 is 0.844 bits per heavy atom. The molecule has 3 aromatic carbocycles. The van der Waals surface area contributed by atoms with Crippen LogP contribution in [0.5, 0.6) is 0 Å². The van der Waals surface area contributed by atoms with Crippen LogP contribution in [0.4, 0.5) is 0 Å². The van der Waals surface area contributed by atoms with Crippen molar-refractivity contribution in [3.8, 4) is 0 Å². The lowest BCUT2D eigenvalue weighted by Gasteiger charge is -2.32. The van der Waals surface area contributed by atoms with Gasteiger partial charge in [-0.3, -0.25) is 9.59 Å². The van der Waals surface area contributed by atoms with Gasteiger partial charge in [-0.1, -0.05) is 84.4 Å². The maximum absolute atomic E-state index is 13.6. The lowest BCUT2D eigenvalue weighted by atomic mass is 10.0. The molecule has 4 nitrogen and oxygen atoms in total. The van der Waals surface area contributed by atoms with Crippen molar-refractivity contribution in [1.82, 2.24) is 10.2 Å². The summed E-state index contributed by atoms with van der Waals surface area (Å²) in [4.78, 5) is 28.5. The van der Waals surface area contributed by atoms with Crippen LogP contribution in [-0.4, -0.2) is 28.8 Å². The molecule has 0 fully saturated rings. The van der Waals surface area contributed by atoms with Crippen molar-refractivity contribution in [3.63, 3.8) is 0 Å². The normalized spacial score (nSPS) is 11.8. The predicted octanol–water partition coefficient (Wildman–Crippen LogP) is 5.05. The van der Waals surface area contributed by atoms with Gasteiger partial charge in [-0.15, -0.1) is 0 Å². The number of benzene rings is 3. The Balaban J connectivity index is 1.95. The number of hydrogen-bond acceptors (Lipinski definition) is 2. The van der Waals surface area contributed by atoms with Gasteiger partial charge >= 0.3 is 0 Å². The van der Waals surface area contributed by atoms with Crippen molar-refractivity contribution in [2.24, 2.45) is 0 Å². The van der Waals surface area contributed by atoms with Gasteiger partial charge in [0.25, 0.3) is 0 Å². The van der Waals surface area contributed by atoms with E-state index >= 15 is 0 Å². The smallest absolute Gasteiger partial charge is 0.243 e. The molecule has 0 aromatic heterocycles. The zero-order valence-corrected chi connectivity index (χ0v) is 19.3. The van der Waals surface area contributed by atoms with E-state index in [0.717, 1.165) is 16.7 Å². The zero-order chi connectivity index (χ0) is 22.9. The van der Waals surface area contributed by atoms with Gasteiger partial charge in [-0.2, -0.15) is 0 Å². The molecule has 3 aromatic rings. The van der Waals surface area contributed by atoms with Crippen LogP contribution in [0, 0.1) is 0 Å². The molecular formula is C27H29ClN2O2. The van der Waals surface area contributed by atoms with Crippen LogP contribution in [-0.2, 0) is 29.0 Å². The van der Waals surface area contributed by atoms with Gasteiger partial charge in [-0.25, -0.2) is 0 Å². The Hall–Kier alpha value is -3.11. The molecule has 0 unspecified atom stereocenters. The molecule has 32 heavy (non-hydrogen) atoms. The van der Waals surface area contributed by atoms with Gasteiger partial charge in [0.2, 0.25) is 11.8 Å². The van der Waals surface area contributed by atoms with Crippen molar-refractivity contribution < 1.29 is 9.59 Å². The van der Waals surface area contributed by atoms with E-state index in [9.17, 15) is 9.59 Å². The van der Waals surface area contributed by atoms with E-state index in [1.54, 1.807) is 17.0 Å². The molecule has 3 rings (SSSR count). The highest BCUT2D eigenvalue weighted by molar-refractivity contribution is 6.30. The third-order valence-electron chi connectivity index (χ3n) is 5.14. The predicted molar refractivity (Wildman–Crippen MR) is 129 cm³/mol. The molecule has 0 aliphatic heterocycles. The molecule has 0 heterocycles. The first kappa shape index (κ1) is 23.6. The van der Waals surface area contributed by atoms with Gasteiger partial charge in [0.1, 0.15) is 6.04 Å². The first-order chi connectivity index (χ1) is 15.4. The molecule has 0 saturated carbocycles. The Bertz CT molecular complexity index is 1020. The summed E-state index contributed by atoms with van der Waals surface area (Å²) >= 11 is 6.13. The second kappa shape index (κ2) is 11.5. The van der Waals surface area contributed by atoms with Gasteiger partial charge in [0.05, 0.1) is 6.42 Å². The summed E-state index contributed by atoms with van der Waals surface area (Å²) in [6, 6.07) is 26.2. The lowest BCUT2D eigenvalue weighted by molar-refractivity contribution is -0.141. The summed E-state index contributed by atoms with van der Waals surface area (Å²) in [6.07, 6.45) is 0.612. The molecular weight excluding hydrogens is 420 g/mol. The highest BCUT2D eigenvalue weighted by atomic mass is 35.5. The topological polar surface area (TPSA) is 49.4 Å². The first-order valence-electron chi connectivity index (χ1n) is 10.8. The summed E-state index contributed by atoms with van der Waals surface area (Å²) in [5.74, 6) is -0.268. The third-order valence-corrected chi connectivity index (χ3v) is 5.38. The van der Waals surface area contributed by atoms with Crippen LogP contribution < -0.4 is 5.32 Å². The summed E-state index contributed by atoms with van der Waals surface area (Å²) < 4.78 is 0. The second-order valence-corrected chi connectivity index (χ2v) is 8.62. The minimum Gasteiger partial charge on any atom is -0.352 e. The summed E-state index contributed by atoms with van der Waals surface area (Å²) in [5, 5.41) is 3.59. The number of nitrogens with one attached hydrogen (secondary N) is 1. The molecule has 0 aliphatic rings. The highest BCUT2D eigenvalue weighted by Crippen LogP contribution is 2.18. The van der Waals surface area contributed by atoms with E-state index in [1.807, 2.05) is 86.6 Å². The van der Waals surface area contributed by atoms with Gasteiger partial charge in [0.15, 0.2) is 0 Å². The zero-order valence-electron chi connectivity index (χ0n) is 18.5. The van der Waals surface area contributed by atoms with Crippen LogP contribution in [0.3, 0.4) is 0 Å². The molecule has 0 spiro atoms. The van der Waals surface area contributed by atoms with E-state index in [2.05, 4.69) is 5.32 Å². The SMILES string of the molecule is CC(C)NC(=O)[C@@H](Cc1ccccc1)N(Cc1ccccc1)C(=O)Cc1cccc(Cl)c1. The minimum atomic E-state index is -0.633. The molecule has 1 N–H and O–H groups in total. The van der Waals surface area contributed by atoms with Crippen LogP contribution in [0.15, 0.2) is 84.9 Å². The molecule has 0 radical (unpaired) electrons. The minimum absolute atomic E-state index is 0.0256. The number of hydrogen-bond donors (Lipinski definition) is 1. The van der Waals surface area contributed by atoms with Crippen LogP contribution in [0.2, 0.25) is 5.02 Å². The Morgan fingerprint density at radius 3 is 2.03 bits per heavy atom. The number of nitrogens with zero attached hydrogens (tertiary/aromatic N) is 1. The van der Waals surface area contributed by atoms with Gasteiger partial charge in [-0.05, 0) is 42.7 Å². The van der Waals surface area contributed by atoms with E-state index < -0.39 is 6.04 Å². The number of rotatable bonds is 9. The highest BCUT2D eigenvalue weighted by Gasteiger charge is 2.30. The van der Waals surface area contributed by atoms with Crippen LogP contribution in [0.1, 0.15) is 30.5 Å². The van der Waals surface area contributed by atoms with E-state index in [1.165, 1.54) is 0 Å². The molecule has 0 saturated heterocycles. The van der Waals surface area contributed by atoms with E-state index in [0.29, 0.717) is 18.0 Å². The average molecular weight is 449 g/mol. The molecule has 2 amide bonds. The quantitative estimate of drug-likeness (QED) is 0.498. The fourth-order valence-corrected chi connectivity index (χ4v) is 3.85.